The Morgan fingerprint density at radius 2 is 1.90 bits per heavy atom. The van der Waals surface area contributed by atoms with Crippen molar-refractivity contribution in [2.75, 3.05) is 13.1 Å². The van der Waals surface area contributed by atoms with Gasteiger partial charge in [0.05, 0.1) is 0 Å². The summed E-state index contributed by atoms with van der Waals surface area (Å²) in [4.78, 5) is 6.11. The highest BCUT2D eigenvalue weighted by atomic mass is 32.2. The standard InChI is InChI=1S/C24H27N5S/c1-28-23(26-27-24(28)30-17-18-8-3-2-4-9-18)20-11-7-13-29(15-20)16-21-14-19-10-5-6-12-22(19)25-21/h2-6,8-10,12,14,20,25H,7,11,13,15-17H2,1H3/t20-/m0/s1. The molecule has 0 saturated carbocycles. The molecule has 2 aromatic carbocycles. The Hall–Kier alpha value is -2.57. The van der Waals surface area contributed by atoms with Gasteiger partial charge in [-0.3, -0.25) is 4.90 Å². The molecule has 1 fully saturated rings. The predicted octanol–water partition coefficient (Wildman–Crippen LogP) is 4.97. The topological polar surface area (TPSA) is 49.7 Å². The van der Waals surface area contributed by atoms with Crippen LogP contribution >= 0.6 is 11.8 Å². The second-order valence-electron chi connectivity index (χ2n) is 8.13. The maximum Gasteiger partial charge on any atom is 0.191 e. The molecule has 4 aromatic rings. The Balaban J connectivity index is 1.25. The van der Waals surface area contributed by atoms with Crippen LogP contribution in [0.2, 0.25) is 0 Å². The molecule has 6 heteroatoms. The van der Waals surface area contributed by atoms with Crippen molar-refractivity contribution in [3.8, 4) is 0 Å². The molecule has 1 saturated heterocycles. The molecular weight excluding hydrogens is 390 g/mol. The van der Waals surface area contributed by atoms with Crippen LogP contribution in [0.5, 0.6) is 0 Å². The van der Waals surface area contributed by atoms with Gasteiger partial charge in [0.2, 0.25) is 0 Å². The van der Waals surface area contributed by atoms with Crippen molar-refractivity contribution in [1.82, 2.24) is 24.6 Å². The summed E-state index contributed by atoms with van der Waals surface area (Å²) in [7, 11) is 2.11. The summed E-state index contributed by atoms with van der Waals surface area (Å²) in [5, 5.41) is 11.4. The number of nitrogens with zero attached hydrogens (tertiary/aromatic N) is 4. The molecule has 0 aliphatic carbocycles. The van der Waals surface area contributed by atoms with E-state index in [4.69, 9.17) is 0 Å². The molecule has 5 nitrogen and oxygen atoms in total. The highest BCUT2D eigenvalue weighted by Gasteiger charge is 2.26. The van der Waals surface area contributed by atoms with E-state index < -0.39 is 0 Å². The van der Waals surface area contributed by atoms with Gasteiger partial charge >= 0.3 is 0 Å². The zero-order valence-electron chi connectivity index (χ0n) is 17.3. The number of aromatic nitrogens is 4. The van der Waals surface area contributed by atoms with E-state index in [0.29, 0.717) is 5.92 Å². The molecule has 1 aliphatic heterocycles. The van der Waals surface area contributed by atoms with Crippen LogP contribution in [0.15, 0.2) is 65.8 Å². The van der Waals surface area contributed by atoms with Gasteiger partial charge in [-0.25, -0.2) is 0 Å². The second kappa shape index (κ2) is 8.66. The molecule has 30 heavy (non-hydrogen) atoms. The minimum absolute atomic E-state index is 0.437. The minimum Gasteiger partial charge on any atom is -0.357 e. The van der Waals surface area contributed by atoms with E-state index in [9.17, 15) is 0 Å². The Morgan fingerprint density at radius 1 is 1.07 bits per heavy atom. The first kappa shape index (κ1) is 19.4. The summed E-state index contributed by atoms with van der Waals surface area (Å²) in [6.45, 7) is 3.13. The molecule has 2 aromatic heterocycles. The average Bonchev–Trinajstić information content (AvgIpc) is 3.35. The number of rotatable bonds is 6. The van der Waals surface area contributed by atoms with Crippen LogP contribution in [0.4, 0.5) is 0 Å². The van der Waals surface area contributed by atoms with Crippen molar-refractivity contribution >= 4 is 22.7 Å². The van der Waals surface area contributed by atoms with Gasteiger partial charge in [0.1, 0.15) is 5.82 Å². The fourth-order valence-corrected chi connectivity index (χ4v) is 5.27. The van der Waals surface area contributed by atoms with Gasteiger partial charge in [0.15, 0.2) is 5.16 Å². The number of fused-ring (bicyclic) bond motifs is 1. The molecule has 154 valence electrons. The highest BCUT2D eigenvalue weighted by molar-refractivity contribution is 7.98. The number of para-hydroxylation sites is 1. The van der Waals surface area contributed by atoms with E-state index in [1.54, 1.807) is 11.8 Å². The largest absolute Gasteiger partial charge is 0.357 e. The van der Waals surface area contributed by atoms with E-state index in [0.717, 1.165) is 36.4 Å². The Labute approximate surface area is 181 Å². The minimum atomic E-state index is 0.437. The van der Waals surface area contributed by atoms with Crippen molar-refractivity contribution in [2.24, 2.45) is 7.05 Å². The molecule has 5 rings (SSSR count). The SMILES string of the molecule is Cn1c(SCc2ccccc2)nnc1[C@H]1CCCN(Cc2cc3ccccc3[nH]2)C1. The van der Waals surface area contributed by atoms with Gasteiger partial charge in [-0.05, 0) is 42.5 Å². The monoisotopic (exact) mass is 417 g/mol. The average molecular weight is 418 g/mol. The van der Waals surface area contributed by atoms with Crippen LogP contribution < -0.4 is 0 Å². The van der Waals surface area contributed by atoms with E-state index in [1.807, 2.05) is 0 Å². The zero-order valence-corrected chi connectivity index (χ0v) is 18.1. The summed E-state index contributed by atoms with van der Waals surface area (Å²) in [6, 6.07) is 21.3. The number of likely N-dealkylation sites (tertiary alicyclic amines) is 1. The normalized spacial score (nSPS) is 17.6. The summed E-state index contributed by atoms with van der Waals surface area (Å²) in [5.41, 5.74) is 3.82. The molecule has 1 aliphatic rings. The molecule has 1 N–H and O–H groups in total. The van der Waals surface area contributed by atoms with Crippen LogP contribution in [0.25, 0.3) is 10.9 Å². The molecule has 0 spiro atoms. The Kier molecular flexibility index (Phi) is 5.60. The van der Waals surface area contributed by atoms with E-state index in [2.05, 4.69) is 92.4 Å². The first-order valence-electron chi connectivity index (χ1n) is 10.6. The number of piperidine rings is 1. The summed E-state index contributed by atoms with van der Waals surface area (Å²) < 4.78 is 2.20. The highest BCUT2D eigenvalue weighted by Crippen LogP contribution is 2.29. The van der Waals surface area contributed by atoms with Gasteiger partial charge in [-0.2, -0.15) is 0 Å². The fraction of sp³-hybridized carbons (Fsp3) is 0.333. The predicted molar refractivity (Wildman–Crippen MR) is 123 cm³/mol. The molecule has 0 radical (unpaired) electrons. The van der Waals surface area contributed by atoms with E-state index in [1.165, 1.54) is 35.0 Å². The van der Waals surface area contributed by atoms with Gasteiger partial charge in [0, 0.05) is 43.0 Å². The van der Waals surface area contributed by atoms with Crippen LogP contribution in [0.3, 0.4) is 0 Å². The third-order valence-corrected chi connectivity index (χ3v) is 7.02. The third kappa shape index (κ3) is 4.16. The quantitative estimate of drug-likeness (QED) is 0.450. The van der Waals surface area contributed by atoms with Crippen molar-refractivity contribution in [2.45, 2.75) is 36.2 Å². The lowest BCUT2D eigenvalue weighted by atomic mass is 9.97. The zero-order chi connectivity index (χ0) is 20.3. The first-order chi connectivity index (χ1) is 14.8. The Bertz CT molecular complexity index is 1080. The number of hydrogen-bond acceptors (Lipinski definition) is 4. The smallest absolute Gasteiger partial charge is 0.191 e. The molecule has 1 atom stereocenters. The van der Waals surface area contributed by atoms with Crippen LogP contribution in [0.1, 0.15) is 35.8 Å². The van der Waals surface area contributed by atoms with Crippen molar-refractivity contribution in [3.63, 3.8) is 0 Å². The summed E-state index contributed by atoms with van der Waals surface area (Å²) in [6.07, 6.45) is 2.38. The lowest BCUT2D eigenvalue weighted by molar-refractivity contribution is 0.193. The number of benzene rings is 2. The number of nitrogens with one attached hydrogen (secondary N) is 1. The molecule has 3 heterocycles. The summed E-state index contributed by atoms with van der Waals surface area (Å²) >= 11 is 1.76. The third-order valence-electron chi connectivity index (χ3n) is 5.93. The lowest BCUT2D eigenvalue weighted by Gasteiger charge is -2.31. The van der Waals surface area contributed by atoms with Gasteiger partial charge in [0.25, 0.3) is 0 Å². The van der Waals surface area contributed by atoms with Crippen LogP contribution in [-0.2, 0) is 19.3 Å². The van der Waals surface area contributed by atoms with Crippen molar-refractivity contribution in [3.05, 3.63) is 77.7 Å². The maximum absolute atomic E-state index is 4.59. The molecule has 0 unspecified atom stereocenters. The van der Waals surface area contributed by atoms with E-state index in [-0.39, 0.29) is 0 Å². The number of H-pyrrole nitrogens is 1. The molecule has 0 amide bonds. The van der Waals surface area contributed by atoms with E-state index >= 15 is 0 Å². The molecule has 0 bridgehead atoms. The maximum atomic E-state index is 4.59. The van der Waals surface area contributed by atoms with Gasteiger partial charge in [-0.15, -0.1) is 10.2 Å². The number of hydrogen-bond donors (Lipinski definition) is 1. The number of thioether (sulfide) groups is 1. The van der Waals surface area contributed by atoms with Gasteiger partial charge in [-0.1, -0.05) is 60.3 Å². The lowest BCUT2D eigenvalue weighted by Crippen LogP contribution is -2.34. The number of aromatic amines is 1. The van der Waals surface area contributed by atoms with Crippen molar-refractivity contribution in [1.29, 1.82) is 0 Å². The van der Waals surface area contributed by atoms with Crippen LogP contribution in [0, 0.1) is 0 Å². The first-order valence-corrected chi connectivity index (χ1v) is 11.6. The Morgan fingerprint density at radius 3 is 2.77 bits per heavy atom. The van der Waals surface area contributed by atoms with Gasteiger partial charge < -0.3 is 9.55 Å². The summed E-state index contributed by atoms with van der Waals surface area (Å²) in [5.74, 6) is 2.47. The molecular formula is C24H27N5S. The fourth-order valence-electron chi connectivity index (χ4n) is 4.40. The van der Waals surface area contributed by atoms with Crippen molar-refractivity contribution < 1.29 is 0 Å². The second-order valence-corrected chi connectivity index (χ2v) is 9.07. The van der Waals surface area contributed by atoms with Crippen LogP contribution in [-0.4, -0.2) is 37.7 Å².